The molecule has 1 aromatic carbocycles. The van der Waals surface area contributed by atoms with Crippen LogP contribution in [0.5, 0.6) is 0 Å². The molecule has 0 fully saturated rings. The SMILES string of the molecule is CCCCCCCC(=O)N(CCOC)CC(=O)N1CCc2sccc2[C@H]1c1ccc(F)cc1. The van der Waals surface area contributed by atoms with Crippen LogP contribution in [-0.2, 0) is 20.7 Å². The van der Waals surface area contributed by atoms with Crippen LogP contribution in [-0.4, -0.2) is 55.0 Å². The van der Waals surface area contributed by atoms with Crippen LogP contribution in [0.4, 0.5) is 4.39 Å². The number of hydrogen-bond donors (Lipinski definition) is 0. The molecule has 33 heavy (non-hydrogen) atoms. The van der Waals surface area contributed by atoms with Gasteiger partial charge < -0.3 is 14.5 Å². The Morgan fingerprint density at radius 3 is 2.64 bits per heavy atom. The first-order valence-electron chi connectivity index (χ1n) is 11.9. The summed E-state index contributed by atoms with van der Waals surface area (Å²) in [7, 11) is 1.60. The third kappa shape index (κ3) is 6.87. The Kier molecular flexibility index (Phi) is 9.88. The largest absolute Gasteiger partial charge is 0.383 e. The number of hydrogen-bond acceptors (Lipinski definition) is 4. The van der Waals surface area contributed by atoms with Gasteiger partial charge in [-0.1, -0.05) is 44.7 Å². The number of carbonyl (C=O) groups is 2. The zero-order valence-corrected chi connectivity index (χ0v) is 20.5. The van der Waals surface area contributed by atoms with Gasteiger partial charge in [-0.25, -0.2) is 4.39 Å². The van der Waals surface area contributed by atoms with Crippen molar-refractivity contribution in [3.8, 4) is 0 Å². The van der Waals surface area contributed by atoms with E-state index < -0.39 is 0 Å². The Hall–Kier alpha value is -2.25. The summed E-state index contributed by atoms with van der Waals surface area (Å²) in [5.74, 6) is -0.381. The van der Waals surface area contributed by atoms with Gasteiger partial charge >= 0.3 is 0 Å². The highest BCUT2D eigenvalue weighted by Gasteiger charge is 2.33. The number of nitrogens with zero attached hydrogens (tertiary/aromatic N) is 2. The zero-order valence-electron chi connectivity index (χ0n) is 19.7. The second-order valence-corrected chi connectivity index (χ2v) is 9.56. The molecule has 0 saturated heterocycles. The van der Waals surface area contributed by atoms with E-state index in [9.17, 15) is 14.0 Å². The first-order chi connectivity index (χ1) is 16.0. The number of fused-ring (bicyclic) bond motifs is 1. The van der Waals surface area contributed by atoms with Gasteiger partial charge in [0.25, 0.3) is 0 Å². The van der Waals surface area contributed by atoms with Crippen molar-refractivity contribution in [2.75, 3.05) is 33.4 Å². The Morgan fingerprint density at radius 1 is 1.15 bits per heavy atom. The predicted molar refractivity (Wildman–Crippen MR) is 130 cm³/mol. The van der Waals surface area contributed by atoms with Gasteiger partial charge in [0.2, 0.25) is 11.8 Å². The van der Waals surface area contributed by atoms with Gasteiger partial charge in [-0.15, -0.1) is 11.3 Å². The first kappa shape index (κ1) is 25.4. The number of halogens is 1. The molecule has 0 aliphatic carbocycles. The number of methoxy groups -OCH3 is 1. The second-order valence-electron chi connectivity index (χ2n) is 8.56. The van der Waals surface area contributed by atoms with Crippen molar-refractivity contribution in [3.05, 3.63) is 57.5 Å². The molecule has 7 heteroatoms. The molecule has 180 valence electrons. The highest BCUT2D eigenvalue weighted by Crippen LogP contribution is 2.37. The minimum absolute atomic E-state index is 0.00321. The monoisotopic (exact) mass is 474 g/mol. The fourth-order valence-corrected chi connectivity index (χ4v) is 5.28. The highest BCUT2D eigenvalue weighted by atomic mass is 32.1. The third-order valence-electron chi connectivity index (χ3n) is 6.21. The molecule has 0 radical (unpaired) electrons. The van der Waals surface area contributed by atoms with E-state index in [1.165, 1.54) is 29.9 Å². The summed E-state index contributed by atoms with van der Waals surface area (Å²) in [5.41, 5.74) is 1.98. The van der Waals surface area contributed by atoms with Crippen LogP contribution >= 0.6 is 11.3 Å². The molecule has 0 unspecified atom stereocenters. The highest BCUT2D eigenvalue weighted by molar-refractivity contribution is 7.10. The number of amides is 2. The summed E-state index contributed by atoms with van der Waals surface area (Å²) in [6, 6.07) is 8.16. The molecule has 0 N–H and O–H groups in total. The van der Waals surface area contributed by atoms with Gasteiger partial charge in [0.15, 0.2) is 0 Å². The quantitative estimate of drug-likeness (QED) is 0.398. The number of ether oxygens (including phenoxy) is 1. The van der Waals surface area contributed by atoms with Gasteiger partial charge in [0.1, 0.15) is 5.82 Å². The summed E-state index contributed by atoms with van der Waals surface area (Å²) in [6.45, 7) is 3.58. The topological polar surface area (TPSA) is 49.9 Å². The minimum Gasteiger partial charge on any atom is -0.383 e. The smallest absolute Gasteiger partial charge is 0.242 e. The van der Waals surface area contributed by atoms with Crippen LogP contribution in [0.15, 0.2) is 35.7 Å². The summed E-state index contributed by atoms with van der Waals surface area (Å²) in [5, 5.41) is 2.04. The molecule has 5 nitrogen and oxygen atoms in total. The van der Waals surface area contributed by atoms with Gasteiger partial charge in [0, 0.05) is 31.5 Å². The third-order valence-corrected chi connectivity index (χ3v) is 7.21. The minimum atomic E-state index is -0.298. The molecular formula is C26H35FN2O3S. The number of benzene rings is 1. The normalized spacial score (nSPS) is 15.4. The number of carbonyl (C=O) groups excluding carboxylic acids is 2. The van der Waals surface area contributed by atoms with Gasteiger partial charge in [0.05, 0.1) is 19.2 Å². The lowest BCUT2D eigenvalue weighted by Crippen LogP contribution is -2.47. The van der Waals surface area contributed by atoms with Crippen molar-refractivity contribution in [2.45, 2.75) is 57.9 Å². The van der Waals surface area contributed by atoms with Crippen molar-refractivity contribution in [3.63, 3.8) is 0 Å². The molecule has 1 atom stereocenters. The van der Waals surface area contributed by atoms with E-state index in [2.05, 4.69) is 13.0 Å². The van der Waals surface area contributed by atoms with E-state index in [-0.39, 0.29) is 30.2 Å². The number of unbranched alkanes of at least 4 members (excludes halogenated alkanes) is 4. The molecular weight excluding hydrogens is 439 g/mol. The fraction of sp³-hybridized carbons (Fsp3) is 0.538. The first-order valence-corrected chi connectivity index (χ1v) is 12.8. The van der Waals surface area contributed by atoms with Crippen LogP contribution in [0, 0.1) is 5.82 Å². The molecule has 1 aliphatic rings. The van der Waals surface area contributed by atoms with Gasteiger partial charge in [-0.3, -0.25) is 9.59 Å². The summed E-state index contributed by atoms with van der Waals surface area (Å²) in [4.78, 5) is 31.1. The van der Waals surface area contributed by atoms with E-state index in [0.717, 1.165) is 36.8 Å². The summed E-state index contributed by atoms with van der Waals surface area (Å²) >= 11 is 1.69. The molecule has 1 aliphatic heterocycles. The van der Waals surface area contributed by atoms with E-state index in [0.29, 0.717) is 26.1 Å². The molecule has 2 amide bonds. The Morgan fingerprint density at radius 2 is 1.91 bits per heavy atom. The number of rotatable bonds is 12. The summed E-state index contributed by atoms with van der Waals surface area (Å²) in [6.07, 6.45) is 6.61. The second kappa shape index (κ2) is 12.8. The van der Waals surface area contributed by atoms with E-state index in [1.807, 2.05) is 10.3 Å². The molecule has 3 rings (SSSR count). The van der Waals surface area contributed by atoms with Crippen LogP contribution < -0.4 is 0 Å². The molecule has 0 saturated carbocycles. The average molecular weight is 475 g/mol. The van der Waals surface area contributed by atoms with Crippen molar-refractivity contribution in [2.24, 2.45) is 0 Å². The maximum Gasteiger partial charge on any atom is 0.242 e. The molecule has 2 aromatic rings. The van der Waals surface area contributed by atoms with Gasteiger partial charge in [-0.2, -0.15) is 0 Å². The molecule has 2 heterocycles. The van der Waals surface area contributed by atoms with Crippen molar-refractivity contribution in [1.29, 1.82) is 0 Å². The van der Waals surface area contributed by atoms with Crippen molar-refractivity contribution < 1.29 is 18.7 Å². The van der Waals surface area contributed by atoms with Crippen LogP contribution in [0.25, 0.3) is 0 Å². The Labute approximate surface area is 200 Å². The fourth-order valence-electron chi connectivity index (χ4n) is 4.38. The maximum absolute atomic E-state index is 13.6. The lowest BCUT2D eigenvalue weighted by Gasteiger charge is -2.37. The lowest BCUT2D eigenvalue weighted by atomic mass is 9.93. The lowest BCUT2D eigenvalue weighted by molar-refractivity contribution is -0.142. The molecule has 1 aromatic heterocycles. The Balaban J connectivity index is 1.72. The van der Waals surface area contributed by atoms with Crippen molar-refractivity contribution >= 4 is 23.2 Å². The van der Waals surface area contributed by atoms with Crippen LogP contribution in [0.2, 0.25) is 0 Å². The van der Waals surface area contributed by atoms with Gasteiger partial charge in [-0.05, 0) is 47.5 Å². The maximum atomic E-state index is 13.6. The number of thiophene rings is 1. The van der Waals surface area contributed by atoms with E-state index in [1.54, 1.807) is 35.5 Å². The van der Waals surface area contributed by atoms with Crippen LogP contribution in [0.3, 0.4) is 0 Å². The Bertz CT molecular complexity index is 899. The summed E-state index contributed by atoms with van der Waals surface area (Å²) < 4.78 is 18.8. The van der Waals surface area contributed by atoms with E-state index in [4.69, 9.17) is 4.74 Å². The van der Waals surface area contributed by atoms with Crippen LogP contribution in [0.1, 0.15) is 67.5 Å². The predicted octanol–water partition coefficient (Wildman–Crippen LogP) is 5.20. The standard InChI is InChI=1S/C26H35FN2O3S/c1-3-4-5-6-7-8-24(30)28(16-17-32-2)19-25(31)29-15-13-23-22(14-18-33-23)26(29)20-9-11-21(27)12-10-20/h9-12,14,18,26H,3-8,13,15-17,19H2,1-2H3/t26-/m1/s1. The van der Waals surface area contributed by atoms with Crippen molar-refractivity contribution in [1.82, 2.24) is 9.80 Å². The molecule has 0 bridgehead atoms. The van der Waals surface area contributed by atoms with E-state index >= 15 is 0 Å². The average Bonchev–Trinajstić information content (AvgIpc) is 3.30. The zero-order chi connectivity index (χ0) is 23.6. The molecule has 0 spiro atoms.